The predicted molar refractivity (Wildman–Crippen MR) is 81.5 cm³/mol. The minimum Gasteiger partial charge on any atom is -0.344 e. The lowest BCUT2D eigenvalue weighted by Gasteiger charge is -2.12. The van der Waals surface area contributed by atoms with Crippen LogP contribution in [0.3, 0.4) is 0 Å². The van der Waals surface area contributed by atoms with Crippen molar-refractivity contribution in [2.75, 3.05) is 0 Å². The van der Waals surface area contributed by atoms with E-state index in [1.807, 2.05) is 0 Å². The zero-order valence-corrected chi connectivity index (χ0v) is 13.1. The molecule has 2 aliphatic rings. The Labute approximate surface area is 117 Å². The summed E-state index contributed by atoms with van der Waals surface area (Å²) in [6.45, 7) is 6.88. The van der Waals surface area contributed by atoms with Crippen molar-refractivity contribution in [1.82, 2.24) is 0 Å². The molecule has 0 N–H and O–H groups in total. The van der Waals surface area contributed by atoms with Crippen molar-refractivity contribution < 1.29 is 4.74 Å². The molecule has 1 aromatic rings. The van der Waals surface area contributed by atoms with E-state index in [-0.39, 0.29) is 11.2 Å². The minimum absolute atomic E-state index is 0.0288. The van der Waals surface area contributed by atoms with Gasteiger partial charge in [0, 0.05) is 0 Å². The van der Waals surface area contributed by atoms with Gasteiger partial charge in [0.15, 0.2) is 5.60 Å². The summed E-state index contributed by atoms with van der Waals surface area (Å²) < 4.78 is 6.28. The standard InChI is InChI=1S/C17H22OSi/c1-19(2,3)14-13-17(15-9-5-4-6-10-15)16(18-17)11-7-8-12-16/h4-6,9-10H,7-8,11-12H2,1-3H3. The smallest absolute Gasteiger partial charge is 0.183 e. The third kappa shape index (κ3) is 2.15. The van der Waals surface area contributed by atoms with Crippen molar-refractivity contribution in [2.24, 2.45) is 0 Å². The molecule has 100 valence electrons. The van der Waals surface area contributed by atoms with E-state index >= 15 is 0 Å². The summed E-state index contributed by atoms with van der Waals surface area (Å²) in [5, 5.41) is 0. The number of hydrogen-bond donors (Lipinski definition) is 0. The summed E-state index contributed by atoms with van der Waals surface area (Å²) in [4.78, 5) is 0. The molecule has 1 aliphatic heterocycles. The molecule has 1 spiro atoms. The fraction of sp³-hybridized carbons (Fsp3) is 0.529. The summed E-state index contributed by atoms with van der Waals surface area (Å²) >= 11 is 0. The van der Waals surface area contributed by atoms with Crippen LogP contribution >= 0.6 is 0 Å². The van der Waals surface area contributed by atoms with Gasteiger partial charge in [0.2, 0.25) is 0 Å². The van der Waals surface area contributed by atoms with Crippen LogP contribution in [0.15, 0.2) is 30.3 Å². The third-order valence-electron chi connectivity index (χ3n) is 4.15. The Morgan fingerprint density at radius 3 is 2.26 bits per heavy atom. The summed E-state index contributed by atoms with van der Waals surface area (Å²) in [5.74, 6) is 3.55. The summed E-state index contributed by atoms with van der Waals surface area (Å²) in [7, 11) is -1.37. The lowest BCUT2D eigenvalue weighted by molar-refractivity contribution is 0.284. The van der Waals surface area contributed by atoms with E-state index in [0.29, 0.717) is 0 Å². The lowest BCUT2D eigenvalue weighted by Crippen LogP contribution is -2.23. The molecule has 1 aromatic carbocycles. The van der Waals surface area contributed by atoms with E-state index < -0.39 is 8.07 Å². The van der Waals surface area contributed by atoms with E-state index in [1.165, 1.54) is 31.2 Å². The first-order chi connectivity index (χ1) is 8.98. The zero-order chi connectivity index (χ0) is 13.6. The first-order valence-electron chi connectivity index (χ1n) is 7.28. The van der Waals surface area contributed by atoms with E-state index in [0.717, 1.165) is 0 Å². The first kappa shape index (κ1) is 13.0. The topological polar surface area (TPSA) is 12.5 Å². The van der Waals surface area contributed by atoms with Crippen LogP contribution < -0.4 is 0 Å². The van der Waals surface area contributed by atoms with Crippen molar-refractivity contribution in [3.05, 3.63) is 35.9 Å². The van der Waals surface area contributed by atoms with Crippen molar-refractivity contribution in [3.8, 4) is 11.5 Å². The number of epoxide rings is 1. The van der Waals surface area contributed by atoms with Gasteiger partial charge in [0.25, 0.3) is 0 Å². The van der Waals surface area contributed by atoms with Crippen molar-refractivity contribution in [3.63, 3.8) is 0 Å². The second kappa shape index (κ2) is 4.23. The van der Waals surface area contributed by atoms with Gasteiger partial charge < -0.3 is 4.74 Å². The highest BCUT2D eigenvalue weighted by molar-refractivity contribution is 6.83. The highest BCUT2D eigenvalue weighted by atomic mass is 28.3. The average molecular weight is 270 g/mol. The molecular formula is C17H22OSi. The van der Waals surface area contributed by atoms with Crippen LogP contribution in [-0.2, 0) is 10.3 Å². The normalized spacial score (nSPS) is 27.9. The van der Waals surface area contributed by atoms with Crippen LogP contribution in [0.2, 0.25) is 19.6 Å². The highest BCUT2D eigenvalue weighted by Gasteiger charge is 2.70. The molecule has 0 radical (unpaired) electrons. The van der Waals surface area contributed by atoms with Gasteiger partial charge in [-0.2, -0.15) is 0 Å². The van der Waals surface area contributed by atoms with Crippen LogP contribution in [-0.4, -0.2) is 13.7 Å². The van der Waals surface area contributed by atoms with Gasteiger partial charge in [0.1, 0.15) is 13.7 Å². The van der Waals surface area contributed by atoms with Crippen LogP contribution in [0.25, 0.3) is 0 Å². The van der Waals surface area contributed by atoms with Gasteiger partial charge in [0.05, 0.1) is 0 Å². The lowest BCUT2D eigenvalue weighted by atomic mass is 9.85. The van der Waals surface area contributed by atoms with Crippen molar-refractivity contribution in [1.29, 1.82) is 0 Å². The SMILES string of the molecule is C[Si](C)(C)C#CC1(c2ccccc2)OC12CCCC2. The monoisotopic (exact) mass is 270 g/mol. The van der Waals surface area contributed by atoms with Gasteiger partial charge >= 0.3 is 0 Å². The molecule has 0 aromatic heterocycles. The van der Waals surface area contributed by atoms with E-state index in [2.05, 4.69) is 61.4 Å². The average Bonchev–Trinajstić information content (AvgIpc) is 2.73. The van der Waals surface area contributed by atoms with Gasteiger partial charge in [-0.1, -0.05) is 68.7 Å². The molecule has 3 rings (SSSR count). The molecule has 2 fully saturated rings. The molecule has 1 saturated heterocycles. The first-order valence-corrected chi connectivity index (χ1v) is 10.8. The fourth-order valence-electron chi connectivity index (χ4n) is 3.15. The van der Waals surface area contributed by atoms with Gasteiger partial charge in [-0.3, -0.25) is 0 Å². The summed E-state index contributed by atoms with van der Waals surface area (Å²) in [5.41, 5.74) is 4.52. The minimum atomic E-state index is -1.37. The highest BCUT2D eigenvalue weighted by Crippen LogP contribution is 2.63. The van der Waals surface area contributed by atoms with Crippen molar-refractivity contribution in [2.45, 2.75) is 56.5 Å². The Bertz CT molecular complexity index is 526. The molecule has 1 saturated carbocycles. The van der Waals surface area contributed by atoms with Crippen LogP contribution in [0.5, 0.6) is 0 Å². The van der Waals surface area contributed by atoms with Crippen molar-refractivity contribution >= 4 is 8.07 Å². The Morgan fingerprint density at radius 2 is 1.68 bits per heavy atom. The molecule has 1 nitrogen and oxygen atoms in total. The Kier molecular flexibility index (Phi) is 2.88. The van der Waals surface area contributed by atoms with E-state index in [4.69, 9.17) is 4.74 Å². The van der Waals surface area contributed by atoms with Gasteiger partial charge in [-0.15, -0.1) is 5.54 Å². The molecule has 0 amide bonds. The summed E-state index contributed by atoms with van der Waals surface area (Å²) in [6.07, 6.45) is 4.90. The van der Waals surface area contributed by atoms with Crippen LogP contribution in [0.1, 0.15) is 31.2 Å². The molecule has 0 bridgehead atoms. The maximum Gasteiger partial charge on any atom is 0.183 e. The maximum absolute atomic E-state index is 6.28. The molecule has 1 atom stereocenters. The number of rotatable bonds is 1. The molecular weight excluding hydrogens is 248 g/mol. The largest absolute Gasteiger partial charge is 0.344 e. The second-order valence-electron chi connectivity index (χ2n) is 6.85. The number of hydrogen-bond acceptors (Lipinski definition) is 1. The second-order valence-corrected chi connectivity index (χ2v) is 11.6. The Balaban J connectivity index is 2.01. The number of ether oxygens (including phenoxy) is 1. The van der Waals surface area contributed by atoms with E-state index in [9.17, 15) is 0 Å². The van der Waals surface area contributed by atoms with Crippen LogP contribution in [0, 0.1) is 11.5 Å². The molecule has 1 aliphatic carbocycles. The predicted octanol–water partition coefficient (Wildman–Crippen LogP) is 4.11. The Hall–Kier alpha value is -1.04. The molecule has 19 heavy (non-hydrogen) atoms. The molecule has 2 heteroatoms. The maximum atomic E-state index is 6.28. The quantitative estimate of drug-likeness (QED) is 0.425. The molecule has 1 unspecified atom stereocenters. The van der Waals surface area contributed by atoms with E-state index in [1.54, 1.807) is 0 Å². The van der Waals surface area contributed by atoms with Gasteiger partial charge in [-0.25, -0.2) is 0 Å². The Morgan fingerprint density at radius 1 is 1.05 bits per heavy atom. The molecule has 1 heterocycles. The van der Waals surface area contributed by atoms with Gasteiger partial charge in [-0.05, 0) is 18.4 Å². The summed E-state index contributed by atoms with van der Waals surface area (Å²) in [6, 6.07) is 10.6. The number of benzene rings is 1. The fourth-order valence-corrected chi connectivity index (χ4v) is 3.70. The zero-order valence-electron chi connectivity index (χ0n) is 12.1. The third-order valence-corrected chi connectivity index (χ3v) is 5.03. The van der Waals surface area contributed by atoms with Crippen LogP contribution in [0.4, 0.5) is 0 Å².